The van der Waals surface area contributed by atoms with Crippen LogP contribution in [0.1, 0.15) is 49.8 Å². The summed E-state index contributed by atoms with van der Waals surface area (Å²) < 4.78 is 5.52. The van der Waals surface area contributed by atoms with Crippen LogP contribution in [-0.4, -0.2) is 13.2 Å². The molecule has 0 heterocycles. The highest BCUT2D eigenvalue weighted by Crippen LogP contribution is 2.45. The normalized spacial score (nSPS) is 20.6. The zero-order chi connectivity index (χ0) is 13.4. The molecule has 19 heavy (non-hydrogen) atoms. The monoisotopic (exact) mass is 259 g/mol. The fourth-order valence-corrected chi connectivity index (χ4v) is 3.14. The Hall–Kier alpha value is -1.02. The molecule has 1 aromatic rings. The molecule has 1 atom stereocenters. The van der Waals surface area contributed by atoms with E-state index in [4.69, 9.17) is 4.74 Å². The van der Waals surface area contributed by atoms with Crippen molar-refractivity contribution in [3.8, 4) is 5.75 Å². The Kier molecular flexibility index (Phi) is 3.53. The van der Waals surface area contributed by atoms with Crippen LogP contribution >= 0.6 is 0 Å². The van der Waals surface area contributed by atoms with Crippen molar-refractivity contribution >= 4 is 0 Å². The van der Waals surface area contributed by atoms with E-state index in [0.717, 1.165) is 23.6 Å². The molecule has 0 aliphatic heterocycles. The first kappa shape index (κ1) is 13.0. The van der Waals surface area contributed by atoms with Crippen molar-refractivity contribution in [1.82, 2.24) is 5.32 Å². The lowest BCUT2D eigenvalue weighted by Crippen LogP contribution is -2.35. The summed E-state index contributed by atoms with van der Waals surface area (Å²) in [5.41, 5.74) is 2.60. The molecule has 0 aromatic heterocycles. The van der Waals surface area contributed by atoms with Crippen LogP contribution in [0.25, 0.3) is 0 Å². The standard InChI is InChI=1S/C17H25NO/c1-11-4-9-16(19-3)15(10-11)12(2)18-17(13-5-6-13)14-7-8-14/h4,9-10,12-14,17-18H,5-8H2,1-3H3. The third-order valence-corrected chi connectivity index (χ3v) is 4.55. The van der Waals surface area contributed by atoms with Crippen LogP contribution in [0.5, 0.6) is 5.75 Å². The van der Waals surface area contributed by atoms with Crippen LogP contribution in [0.3, 0.4) is 0 Å². The van der Waals surface area contributed by atoms with E-state index in [1.165, 1.54) is 36.8 Å². The van der Waals surface area contributed by atoms with Gasteiger partial charge in [-0.1, -0.05) is 17.7 Å². The number of aryl methyl sites for hydroxylation is 1. The molecule has 2 saturated carbocycles. The molecule has 1 aromatic carbocycles. The van der Waals surface area contributed by atoms with E-state index in [9.17, 15) is 0 Å². The summed E-state index contributed by atoms with van der Waals surface area (Å²) in [6, 6.07) is 7.58. The first-order chi connectivity index (χ1) is 9.19. The van der Waals surface area contributed by atoms with Crippen LogP contribution in [0, 0.1) is 18.8 Å². The van der Waals surface area contributed by atoms with Crippen molar-refractivity contribution in [1.29, 1.82) is 0 Å². The highest BCUT2D eigenvalue weighted by atomic mass is 16.5. The fourth-order valence-electron chi connectivity index (χ4n) is 3.14. The third kappa shape index (κ3) is 2.94. The topological polar surface area (TPSA) is 21.3 Å². The molecular weight excluding hydrogens is 234 g/mol. The number of hydrogen-bond acceptors (Lipinski definition) is 2. The van der Waals surface area contributed by atoms with Crippen molar-refractivity contribution < 1.29 is 4.74 Å². The highest BCUT2D eigenvalue weighted by molar-refractivity contribution is 5.39. The molecule has 2 heteroatoms. The smallest absolute Gasteiger partial charge is 0.123 e. The van der Waals surface area contributed by atoms with E-state index >= 15 is 0 Å². The third-order valence-electron chi connectivity index (χ3n) is 4.55. The van der Waals surface area contributed by atoms with Gasteiger partial charge in [-0.15, -0.1) is 0 Å². The van der Waals surface area contributed by atoms with E-state index in [-0.39, 0.29) is 0 Å². The molecule has 0 spiro atoms. The molecular formula is C17H25NO. The molecule has 0 bridgehead atoms. The first-order valence-electron chi connectivity index (χ1n) is 7.59. The van der Waals surface area contributed by atoms with E-state index in [2.05, 4.69) is 37.4 Å². The second kappa shape index (κ2) is 5.16. The lowest BCUT2D eigenvalue weighted by molar-refractivity contribution is 0.361. The summed E-state index contributed by atoms with van der Waals surface area (Å²) >= 11 is 0. The second-order valence-electron chi connectivity index (χ2n) is 6.33. The van der Waals surface area contributed by atoms with Gasteiger partial charge < -0.3 is 10.1 Å². The van der Waals surface area contributed by atoms with Gasteiger partial charge in [0.15, 0.2) is 0 Å². The van der Waals surface area contributed by atoms with Gasteiger partial charge in [-0.05, 0) is 57.4 Å². The SMILES string of the molecule is COc1ccc(C)cc1C(C)NC(C1CC1)C1CC1. The fraction of sp³-hybridized carbons (Fsp3) is 0.647. The maximum atomic E-state index is 5.52. The van der Waals surface area contributed by atoms with Crippen LogP contribution in [0.15, 0.2) is 18.2 Å². The summed E-state index contributed by atoms with van der Waals surface area (Å²) in [6.07, 6.45) is 5.69. The maximum Gasteiger partial charge on any atom is 0.123 e. The molecule has 1 N–H and O–H groups in total. The van der Waals surface area contributed by atoms with Crippen molar-refractivity contribution in [3.63, 3.8) is 0 Å². The quantitative estimate of drug-likeness (QED) is 0.838. The Morgan fingerprint density at radius 3 is 2.32 bits per heavy atom. The molecule has 0 saturated heterocycles. The van der Waals surface area contributed by atoms with E-state index < -0.39 is 0 Å². The Morgan fingerprint density at radius 2 is 1.79 bits per heavy atom. The average molecular weight is 259 g/mol. The number of hydrogen-bond donors (Lipinski definition) is 1. The number of rotatable bonds is 6. The van der Waals surface area contributed by atoms with Crippen molar-refractivity contribution in [2.45, 2.75) is 51.6 Å². The number of ether oxygens (including phenoxy) is 1. The van der Waals surface area contributed by atoms with Gasteiger partial charge in [-0.3, -0.25) is 0 Å². The van der Waals surface area contributed by atoms with Crippen molar-refractivity contribution in [2.24, 2.45) is 11.8 Å². The van der Waals surface area contributed by atoms with Gasteiger partial charge in [0, 0.05) is 17.6 Å². The van der Waals surface area contributed by atoms with Crippen LogP contribution in [-0.2, 0) is 0 Å². The number of methoxy groups -OCH3 is 1. The Labute approximate surface area is 116 Å². The largest absolute Gasteiger partial charge is 0.496 e. The summed E-state index contributed by atoms with van der Waals surface area (Å²) in [5, 5.41) is 3.88. The first-order valence-corrected chi connectivity index (χ1v) is 7.59. The second-order valence-corrected chi connectivity index (χ2v) is 6.33. The summed E-state index contributed by atoms with van der Waals surface area (Å²) in [7, 11) is 1.76. The Bertz CT molecular complexity index is 437. The minimum atomic E-state index is 0.376. The molecule has 0 amide bonds. The molecule has 2 nitrogen and oxygen atoms in total. The zero-order valence-electron chi connectivity index (χ0n) is 12.3. The van der Waals surface area contributed by atoms with Gasteiger partial charge in [0.05, 0.1) is 7.11 Å². The van der Waals surface area contributed by atoms with Crippen LogP contribution in [0.4, 0.5) is 0 Å². The number of benzene rings is 1. The number of nitrogens with one attached hydrogen (secondary N) is 1. The van der Waals surface area contributed by atoms with Crippen molar-refractivity contribution in [2.75, 3.05) is 7.11 Å². The summed E-state index contributed by atoms with van der Waals surface area (Å²) in [5.74, 6) is 2.88. The van der Waals surface area contributed by atoms with Gasteiger partial charge in [0.2, 0.25) is 0 Å². The van der Waals surface area contributed by atoms with Gasteiger partial charge >= 0.3 is 0 Å². The van der Waals surface area contributed by atoms with Crippen molar-refractivity contribution in [3.05, 3.63) is 29.3 Å². The summed E-state index contributed by atoms with van der Waals surface area (Å²) in [4.78, 5) is 0. The van der Waals surface area contributed by atoms with Gasteiger partial charge in [0.25, 0.3) is 0 Å². The molecule has 2 fully saturated rings. The highest BCUT2D eigenvalue weighted by Gasteiger charge is 2.41. The average Bonchev–Trinajstić information content (AvgIpc) is 3.29. The lowest BCUT2D eigenvalue weighted by atomic mass is 10.0. The molecule has 1 unspecified atom stereocenters. The van der Waals surface area contributed by atoms with E-state index in [1.54, 1.807) is 7.11 Å². The molecule has 2 aliphatic carbocycles. The predicted molar refractivity (Wildman–Crippen MR) is 78.5 cm³/mol. The molecule has 3 rings (SSSR count). The van der Waals surface area contributed by atoms with Gasteiger partial charge in [-0.25, -0.2) is 0 Å². The van der Waals surface area contributed by atoms with E-state index in [1.807, 2.05) is 0 Å². The van der Waals surface area contributed by atoms with Gasteiger partial charge in [-0.2, -0.15) is 0 Å². The van der Waals surface area contributed by atoms with E-state index in [0.29, 0.717) is 6.04 Å². The maximum absolute atomic E-state index is 5.52. The molecule has 2 aliphatic rings. The predicted octanol–water partition coefficient (Wildman–Crippen LogP) is 3.84. The van der Waals surface area contributed by atoms with Gasteiger partial charge in [0.1, 0.15) is 5.75 Å². The summed E-state index contributed by atoms with van der Waals surface area (Å²) in [6.45, 7) is 4.42. The molecule has 104 valence electrons. The minimum absolute atomic E-state index is 0.376. The minimum Gasteiger partial charge on any atom is -0.496 e. The van der Waals surface area contributed by atoms with Crippen LogP contribution in [0.2, 0.25) is 0 Å². The Morgan fingerprint density at radius 1 is 1.16 bits per heavy atom. The lowest BCUT2D eigenvalue weighted by Gasteiger charge is -2.25. The van der Waals surface area contributed by atoms with Crippen LogP contribution < -0.4 is 10.1 Å². The molecule has 0 radical (unpaired) electrons. The Balaban J connectivity index is 1.74. The zero-order valence-corrected chi connectivity index (χ0v) is 12.3.